The first-order valence-corrected chi connectivity index (χ1v) is 8.56. The maximum Gasteiger partial charge on any atom is 0.422 e. The summed E-state index contributed by atoms with van der Waals surface area (Å²) in [6.07, 6.45) is -0.774. The third-order valence-electron chi connectivity index (χ3n) is 3.67. The van der Waals surface area contributed by atoms with E-state index in [1.54, 1.807) is 12.1 Å². The fourth-order valence-corrected chi connectivity index (χ4v) is 2.30. The average molecular weight is 421 g/mol. The molecular weight excluding hydrogens is 406 g/mol. The Morgan fingerprint density at radius 3 is 2.57 bits per heavy atom. The average Bonchev–Trinajstić information content (AvgIpc) is 2.72. The highest BCUT2D eigenvalue weighted by Gasteiger charge is 2.29. The molecule has 2 N–H and O–H groups in total. The van der Waals surface area contributed by atoms with Gasteiger partial charge < -0.3 is 15.4 Å². The third kappa shape index (κ3) is 6.12. The number of nitrogens with one attached hydrogen (secondary N) is 2. The maximum absolute atomic E-state index is 12.9. The number of carbonyl (C=O) groups excluding carboxylic acids is 1. The molecule has 1 amide bonds. The lowest BCUT2D eigenvalue weighted by Gasteiger charge is -2.13. The van der Waals surface area contributed by atoms with E-state index < -0.39 is 18.7 Å². The Bertz CT molecular complexity index is 1010. The van der Waals surface area contributed by atoms with E-state index in [1.807, 2.05) is 0 Å². The maximum atomic E-state index is 12.9. The summed E-state index contributed by atoms with van der Waals surface area (Å²) in [6, 6.07) is 8.34. The zero-order valence-electron chi connectivity index (χ0n) is 15.3. The van der Waals surface area contributed by atoms with Gasteiger partial charge in [0.15, 0.2) is 6.61 Å². The lowest BCUT2D eigenvalue weighted by molar-refractivity contribution is -0.153. The SMILES string of the molecule is O=C(Nc1cnccc1OCC(F)(F)F)c1ccnc(NCc2ccc(F)cc2)n1. The number of anilines is 2. The number of ether oxygens (including phenoxy) is 1. The van der Waals surface area contributed by atoms with E-state index in [-0.39, 0.29) is 28.9 Å². The second-order valence-electron chi connectivity index (χ2n) is 5.98. The summed E-state index contributed by atoms with van der Waals surface area (Å²) in [5.74, 6) is -1.08. The van der Waals surface area contributed by atoms with E-state index in [0.29, 0.717) is 6.54 Å². The molecule has 0 saturated carbocycles. The van der Waals surface area contributed by atoms with Gasteiger partial charge in [0.05, 0.1) is 6.20 Å². The standard InChI is InChI=1S/C19H15F4N5O2/c20-13-3-1-12(2-4-13)9-26-18-25-8-5-14(28-18)17(29)27-15-10-24-7-6-16(15)30-11-19(21,22)23/h1-8,10H,9,11H2,(H,27,29)(H,25,26,28). The van der Waals surface area contributed by atoms with Gasteiger partial charge in [-0.05, 0) is 23.8 Å². The summed E-state index contributed by atoms with van der Waals surface area (Å²) in [7, 11) is 0. The van der Waals surface area contributed by atoms with E-state index in [4.69, 9.17) is 4.74 Å². The summed E-state index contributed by atoms with van der Waals surface area (Å²) in [5.41, 5.74) is 0.708. The molecule has 0 fully saturated rings. The zero-order valence-corrected chi connectivity index (χ0v) is 15.3. The molecule has 0 aliphatic rings. The molecule has 30 heavy (non-hydrogen) atoms. The molecule has 3 rings (SSSR count). The molecule has 156 valence electrons. The lowest BCUT2D eigenvalue weighted by atomic mass is 10.2. The Kier molecular flexibility index (Phi) is 6.40. The minimum absolute atomic E-state index is 0.0303. The first-order valence-electron chi connectivity index (χ1n) is 8.56. The Morgan fingerprint density at radius 2 is 1.83 bits per heavy atom. The molecule has 0 unspecified atom stereocenters. The van der Waals surface area contributed by atoms with Crippen LogP contribution in [0.15, 0.2) is 55.0 Å². The molecule has 0 aliphatic heterocycles. The fraction of sp³-hybridized carbons (Fsp3) is 0.158. The molecule has 0 aliphatic carbocycles. The number of amides is 1. The van der Waals surface area contributed by atoms with Crippen molar-refractivity contribution in [3.05, 3.63) is 72.1 Å². The van der Waals surface area contributed by atoms with E-state index >= 15 is 0 Å². The van der Waals surface area contributed by atoms with Crippen molar-refractivity contribution in [1.29, 1.82) is 0 Å². The van der Waals surface area contributed by atoms with Crippen LogP contribution in [0.25, 0.3) is 0 Å². The van der Waals surface area contributed by atoms with Crippen molar-refractivity contribution in [3.8, 4) is 5.75 Å². The van der Waals surface area contributed by atoms with Crippen LogP contribution < -0.4 is 15.4 Å². The number of pyridine rings is 1. The van der Waals surface area contributed by atoms with Crippen LogP contribution in [-0.4, -0.2) is 33.6 Å². The van der Waals surface area contributed by atoms with Crippen LogP contribution >= 0.6 is 0 Å². The highest BCUT2D eigenvalue weighted by Crippen LogP contribution is 2.25. The minimum atomic E-state index is -4.53. The Hall–Kier alpha value is -3.76. The van der Waals surface area contributed by atoms with Crippen LogP contribution in [0.3, 0.4) is 0 Å². The minimum Gasteiger partial charge on any atom is -0.482 e. The van der Waals surface area contributed by atoms with Gasteiger partial charge in [0.2, 0.25) is 5.95 Å². The summed E-state index contributed by atoms with van der Waals surface area (Å²) in [6.45, 7) is -1.21. The fourth-order valence-electron chi connectivity index (χ4n) is 2.30. The van der Waals surface area contributed by atoms with Crippen LogP contribution in [0.2, 0.25) is 0 Å². The molecule has 0 radical (unpaired) electrons. The quantitative estimate of drug-likeness (QED) is 0.564. The van der Waals surface area contributed by atoms with Crippen LogP contribution in [0.4, 0.5) is 29.2 Å². The number of alkyl halides is 3. The molecule has 3 aromatic rings. The van der Waals surface area contributed by atoms with Crippen molar-refractivity contribution >= 4 is 17.5 Å². The van der Waals surface area contributed by atoms with Crippen molar-refractivity contribution < 1.29 is 27.1 Å². The molecule has 0 saturated heterocycles. The Morgan fingerprint density at radius 1 is 1.07 bits per heavy atom. The smallest absolute Gasteiger partial charge is 0.422 e. The van der Waals surface area contributed by atoms with Gasteiger partial charge in [0, 0.05) is 25.0 Å². The number of carbonyl (C=O) groups is 1. The van der Waals surface area contributed by atoms with Crippen molar-refractivity contribution in [3.63, 3.8) is 0 Å². The van der Waals surface area contributed by atoms with Crippen molar-refractivity contribution in [2.45, 2.75) is 12.7 Å². The predicted octanol–water partition coefficient (Wildman–Crippen LogP) is 3.82. The molecular formula is C19H15F4N5O2. The van der Waals surface area contributed by atoms with Gasteiger partial charge >= 0.3 is 6.18 Å². The van der Waals surface area contributed by atoms with Crippen molar-refractivity contribution in [2.24, 2.45) is 0 Å². The number of halogens is 4. The number of hydrogen-bond donors (Lipinski definition) is 2. The molecule has 7 nitrogen and oxygen atoms in total. The normalized spacial score (nSPS) is 11.1. The van der Waals surface area contributed by atoms with Gasteiger partial charge in [-0.3, -0.25) is 9.78 Å². The van der Waals surface area contributed by atoms with Gasteiger partial charge in [-0.25, -0.2) is 14.4 Å². The third-order valence-corrected chi connectivity index (χ3v) is 3.67. The summed E-state index contributed by atoms with van der Waals surface area (Å²) in [5, 5.41) is 5.32. The van der Waals surface area contributed by atoms with Gasteiger partial charge in [-0.1, -0.05) is 12.1 Å². The predicted molar refractivity (Wildman–Crippen MR) is 99.5 cm³/mol. The van der Waals surface area contributed by atoms with E-state index in [0.717, 1.165) is 5.56 Å². The molecule has 0 atom stereocenters. The van der Waals surface area contributed by atoms with E-state index in [9.17, 15) is 22.4 Å². The summed E-state index contributed by atoms with van der Waals surface area (Å²) >= 11 is 0. The molecule has 2 aromatic heterocycles. The second-order valence-corrected chi connectivity index (χ2v) is 5.98. The van der Waals surface area contributed by atoms with E-state index in [2.05, 4.69) is 25.6 Å². The number of aromatic nitrogens is 3. The summed E-state index contributed by atoms with van der Waals surface area (Å²) < 4.78 is 54.8. The zero-order chi connectivity index (χ0) is 21.6. The van der Waals surface area contributed by atoms with Crippen LogP contribution in [-0.2, 0) is 6.54 Å². The number of rotatable bonds is 7. The monoisotopic (exact) mass is 421 g/mol. The first kappa shape index (κ1) is 21.0. The van der Waals surface area contributed by atoms with Crippen LogP contribution in [0.1, 0.15) is 16.1 Å². The summed E-state index contributed by atoms with van der Waals surface area (Å²) in [4.78, 5) is 24.3. The molecule has 0 bridgehead atoms. The van der Waals surface area contributed by atoms with Crippen molar-refractivity contribution in [2.75, 3.05) is 17.2 Å². The molecule has 0 spiro atoms. The number of benzene rings is 1. The van der Waals surface area contributed by atoms with Crippen LogP contribution in [0.5, 0.6) is 5.75 Å². The van der Waals surface area contributed by atoms with E-state index in [1.165, 1.54) is 42.9 Å². The first-order chi connectivity index (χ1) is 14.3. The van der Waals surface area contributed by atoms with Gasteiger partial charge in [0.1, 0.15) is 22.9 Å². The Labute approximate surface area is 168 Å². The number of hydrogen-bond acceptors (Lipinski definition) is 6. The van der Waals surface area contributed by atoms with Gasteiger partial charge in [0.25, 0.3) is 5.91 Å². The van der Waals surface area contributed by atoms with Gasteiger partial charge in [-0.2, -0.15) is 13.2 Å². The molecule has 2 heterocycles. The van der Waals surface area contributed by atoms with Gasteiger partial charge in [-0.15, -0.1) is 0 Å². The van der Waals surface area contributed by atoms with Crippen LogP contribution in [0, 0.1) is 5.82 Å². The molecule has 1 aromatic carbocycles. The molecule has 11 heteroatoms. The second kappa shape index (κ2) is 9.16. The Balaban J connectivity index is 1.66. The highest BCUT2D eigenvalue weighted by molar-refractivity contribution is 6.03. The largest absolute Gasteiger partial charge is 0.482 e. The lowest BCUT2D eigenvalue weighted by Crippen LogP contribution is -2.21. The number of nitrogens with zero attached hydrogens (tertiary/aromatic N) is 3. The topological polar surface area (TPSA) is 89.0 Å². The van der Waals surface area contributed by atoms with Crippen molar-refractivity contribution in [1.82, 2.24) is 15.0 Å². The highest BCUT2D eigenvalue weighted by atomic mass is 19.4.